The van der Waals surface area contributed by atoms with Crippen LogP contribution in [0.25, 0.3) is 10.6 Å². The Morgan fingerprint density at radius 2 is 1.71 bits per heavy atom. The van der Waals surface area contributed by atoms with Gasteiger partial charge in [-0.1, -0.05) is 40.2 Å². The normalized spacial score (nSPS) is 13.5. The molecule has 24 heavy (non-hydrogen) atoms. The predicted octanol–water partition coefficient (Wildman–Crippen LogP) is 4.37. The number of benzene rings is 2. The summed E-state index contributed by atoms with van der Waals surface area (Å²) in [5, 5.41) is 2.75. The molecule has 0 saturated heterocycles. The first-order valence-corrected chi connectivity index (χ1v) is 8.96. The van der Waals surface area contributed by atoms with Gasteiger partial charge >= 0.3 is 0 Å². The molecule has 0 radical (unpaired) electrons. The minimum atomic E-state index is -0.257. The number of thiazole rings is 1. The Balaban J connectivity index is 1.59. The Kier molecular flexibility index (Phi) is 3.78. The molecule has 3 aromatic rings. The molecule has 1 aliphatic rings. The van der Waals surface area contributed by atoms with Gasteiger partial charge in [0.2, 0.25) is 0 Å². The van der Waals surface area contributed by atoms with Crippen LogP contribution in [0.3, 0.4) is 0 Å². The average molecular weight is 399 g/mol. The van der Waals surface area contributed by atoms with E-state index in [4.69, 9.17) is 0 Å². The molecular formula is C18H11BrN2O2S. The second kappa shape index (κ2) is 5.96. The minimum absolute atomic E-state index is 0.191. The number of amides is 2. The lowest BCUT2D eigenvalue weighted by Gasteiger charge is -2.11. The Labute approximate surface area is 150 Å². The molecule has 4 nitrogen and oxygen atoms in total. The smallest absolute Gasteiger partial charge is 0.261 e. The predicted molar refractivity (Wildman–Crippen MR) is 95.9 cm³/mol. The molecule has 6 heteroatoms. The van der Waals surface area contributed by atoms with Crippen molar-refractivity contribution in [1.82, 2.24) is 9.88 Å². The molecule has 0 bridgehead atoms. The SMILES string of the molecule is O=C1c2ccccc2C(=O)N1Cc1csc(-c2cccc(Br)c2)n1. The summed E-state index contributed by atoms with van der Waals surface area (Å²) in [5.41, 5.74) is 2.64. The van der Waals surface area contributed by atoms with Gasteiger partial charge in [-0.15, -0.1) is 11.3 Å². The first-order valence-electron chi connectivity index (χ1n) is 7.29. The maximum Gasteiger partial charge on any atom is 0.261 e. The number of imide groups is 1. The molecule has 0 atom stereocenters. The maximum absolute atomic E-state index is 12.4. The quantitative estimate of drug-likeness (QED) is 0.615. The van der Waals surface area contributed by atoms with E-state index in [1.54, 1.807) is 24.3 Å². The van der Waals surface area contributed by atoms with Gasteiger partial charge in [0.1, 0.15) is 5.01 Å². The van der Waals surface area contributed by atoms with E-state index < -0.39 is 0 Å². The zero-order valence-electron chi connectivity index (χ0n) is 12.4. The second-order valence-corrected chi connectivity index (χ2v) is 7.17. The van der Waals surface area contributed by atoms with Gasteiger partial charge in [-0.25, -0.2) is 4.98 Å². The number of hydrogen-bond acceptors (Lipinski definition) is 4. The number of fused-ring (bicyclic) bond motifs is 1. The zero-order valence-corrected chi connectivity index (χ0v) is 14.8. The molecule has 0 aliphatic carbocycles. The summed E-state index contributed by atoms with van der Waals surface area (Å²) in [6, 6.07) is 14.8. The van der Waals surface area contributed by atoms with Crippen molar-refractivity contribution in [1.29, 1.82) is 0 Å². The first kappa shape index (κ1) is 15.2. The van der Waals surface area contributed by atoms with Crippen LogP contribution in [0.2, 0.25) is 0 Å². The monoisotopic (exact) mass is 398 g/mol. The molecule has 1 aliphatic heterocycles. The highest BCUT2D eigenvalue weighted by Crippen LogP contribution is 2.28. The number of aromatic nitrogens is 1. The van der Waals surface area contributed by atoms with Crippen molar-refractivity contribution in [3.8, 4) is 10.6 Å². The van der Waals surface area contributed by atoms with Crippen LogP contribution in [0.4, 0.5) is 0 Å². The van der Waals surface area contributed by atoms with Crippen molar-refractivity contribution in [2.75, 3.05) is 0 Å². The number of rotatable bonds is 3. The molecule has 0 unspecified atom stereocenters. The fraction of sp³-hybridized carbons (Fsp3) is 0.0556. The highest BCUT2D eigenvalue weighted by Gasteiger charge is 2.35. The van der Waals surface area contributed by atoms with Gasteiger partial charge in [0.15, 0.2) is 0 Å². The molecule has 4 rings (SSSR count). The summed E-state index contributed by atoms with van der Waals surface area (Å²) in [4.78, 5) is 30.6. The fourth-order valence-electron chi connectivity index (χ4n) is 2.68. The van der Waals surface area contributed by atoms with Gasteiger partial charge in [0.25, 0.3) is 11.8 Å². The van der Waals surface area contributed by atoms with Crippen LogP contribution in [-0.4, -0.2) is 21.7 Å². The van der Waals surface area contributed by atoms with Crippen LogP contribution >= 0.6 is 27.3 Å². The minimum Gasteiger partial charge on any atom is -0.269 e. The average Bonchev–Trinajstić information content (AvgIpc) is 3.15. The van der Waals surface area contributed by atoms with Gasteiger partial charge in [-0.2, -0.15) is 0 Å². The van der Waals surface area contributed by atoms with Crippen molar-refractivity contribution >= 4 is 39.1 Å². The van der Waals surface area contributed by atoms with Crippen LogP contribution in [0.1, 0.15) is 26.4 Å². The first-order chi connectivity index (χ1) is 11.6. The van der Waals surface area contributed by atoms with E-state index in [0.717, 1.165) is 15.0 Å². The van der Waals surface area contributed by atoms with Crippen LogP contribution < -0.4 is 0 Å². The molecule has 1 aromatic heterocycles. The van der Waals surface area contributed by atoms with E-state index in [-0.39, 0.29) is 18.4 Å². The second-order valence-electron chi connectivity index (χ2n) is 5.40. The zero-order chi connectivity index (χ0) is 16.7. The van der Waals surface area contributed by atoms with Gasteiger partial charge < -0.3 is 0 Å². The topological polar surface area (TPSA) is 50.3 Å². The van der Waals surface area contributed by atoms with Crippen LogP contribution in [0.15, 0.2) is 58.4 Å². The van der Waals surface area contributed by atoms with Crippen molar-refractivity contribution in [2.45, 2.75) is 6.54 Å². The molecule has 0 spiro atoms. The van der Waals surface area contributed by atoms with Gasteiger partial charge in [0.05, 0.1) is 23.4 Å². The number of halogens is 1. The Morgan fingerprint density at radius 3 is 2.38 bits per heavy atom. The molecule has 2 aromatic carbocycles. The number of hydrogen-bond donors (Lipinski definition) is 0. The van der Waals surface area contributed by atoms with Crippen molar-refractivity contribution in [3.63, 3.8) is 0 Å². The maximum atomic E-state index is 12.4. The molecule has 0 N–H and O–H groups in total. The number of carbonyl (C=O) groups is 2. The summed E-state index contributed by atoms with van der Waals surface area (Å²) in [6.07, 6.45) is 0. The fourth-order valence-corrected chi connectivity index (χ4v) is 3.89. The highest BCUT2D eigenvalue weighted by atomic mass is 79.9. The molecule has 0 saturated carbocycles. The summed E-state index contributed by atoms with van der Waals surface area (Å²) in [6.45, 7) is 0.191. The summed E-state index contributed by atoms with van der Waals surface area (Å²) in [5.74, 6) is -0.514. The van der Waals surface area contributed by atoms with Crippen molar-refractivity contribution in [2.24, 2.45) is 0 Å². The number of carbonyl (C=O) groups excluding carboxylic acids is 2. The molecule has 118 valence electrons. The third-order valence-electron chi connectivity index (χ3n) is 3.82. The molecular weight excluding hydrogens is 388 g/mol. The number of nitrogens with zero attached hydrogens (tertiary/aromatic N) is 2. The van der Waals surface area contributed by atoms with E-state index in [2.05, 4.69) is 20.9 Å². The van der Waals surface area contributed by atoms with Crippen LogP contribution in [0.5, 0.6) is 0 Å². The summed E-state index contributed by atoms with van der Waals surface area (Å²) < 4.78 is 0.983. The highest BCUT2D eigenvalue weighted by molar-refractivity contribution is 9.10. The molecule has 2 amide bonds. The van der Waals surface area contributed by atoms with Gasteiger partial charge in [-0.3, -0.25) is 14.5 Å². The van der Waals surface area contributed by atoms with E-state index in [9.17, 15) is 9.59 Å². The van der Waals surface area contributed by atoms with Crippen molar-refractivity contribution in [3.05, 3.63) is 75.2 Å². The third-order valence-corrected chi connectivity index (χ3v) is 5.26. The van der Waals surface area contributed by atoms with Crippen molar-refractivity contribution < 1.29 is 9.59 Å². The van der Waals surface area contributed by atoms with E-state index in [0.29, 0.717) is 16.8 Å². The van der Waals surface area contributed by atoms with E-state index >= 15 is 0 Å². The Hall–Kier alpha value is -2.31. The van der Waals surface area contributed by atoms with Gasteiger partial charge in [0, 0.05) is 15.4 Å². The largest absolute Gasteiger partial charge is 0.269 e. The lowest BCUT2D eigenvalue weighted by molar-refractivity contribution is 0.0640. The Bertz CT molecular complexity index is 932. The summed E-state index contributed by atoms with van der Waals surface area (Å²) >= 11 is 4.95. The van der Waals surface area contributed by atoms with Gasteiger partial charge in [-0.05, 0) is 24.3 Å². The summed E-state index contributed by atoms with van der Waals surface area (Å²) in [7, 11) is 0. The molecule has 0 fully saturated rings. The van der Waals surface area contributed by atoms with E-state index in [1.165, 1.54) is 16.2 Å². The molecule has 2 heterocycles. The lowest BCUT2D eigenvalue weighted by Crippen LogP contribution is -2.29. The van der Waals surface area contributed by atoms with Crippen LogP contribution in [0, 0.1) is 0 Å². The van der Waals surface area contributed by atoms with E-state index in [1.807, 2.05) is 29.6 Å². The Morgan fingerprint density at radius 1 is 1.00 bits per heavy atom. The standard InChI is InChI=1S/C18H11BrN2O2S/c19-12-5-3-4-11(8-12)16-20-13(10-24-16)9-21-17(22)14-6-1-2-7-15(14)18(21)23/h1-8,10H,9H2. The van der Waals surface area contributed by atoms with Crippen LogP contribution in [-0.2, 0) is 6.54 Å². The lowest BCUT2D eigenvalue weighted by atomic mass is 10.1. The third kappa shape index (κ3) is 2.57.